The van der Waals surface area contributed by atoms with Crippen LogP contribution in [0, 0.1) is 32.6 Å². The number of benzene rings is 1. The van der Waals surface area contributed by atoms with Crippen LogP contribution < -0.4 is 15.1 Å². The molecule has 4 aromatic rings. The first-order valence-corrected chi connectivity index (χ1v) is 15.2. The van der Waals surface area contributed by atoms with Crippen molar-refractivity contribution < 1.29 is 0 Å². The van der Waals surface area contributed by atoms with Gasteiger partial charge < -0.3 is 19.7 Å². The van der Waals surface area contributed by atoms with Gasteiger partial charge in [0.1, 0.15) is 5.82 Å². The monoisotopic (exact) mass is 584 g/mol. The van der Waals surface area contributed by atoms with Gasteiger partial charge >= 0.3 is 0 Å². The van der Waals surface area contributed by atoms with E-state index >= 15 is 0 Å². The molecule has 212 valence electrons. The Bertz CT molecular complexity index is 1570. The molecule has 0 unspecified atom stereocenters. The Morgan fingerprint density at radius 1 is 0.927 bits per heavy atom. The van der Waals surface area contributed by atoms with Gasteiger partial charge in [-0.25, -0.2) is 4.98 Å². The third-order valence-corrected chi connectivity index (χ3v) is 9.05. The fraction of sp³-hybridized carbons (Fsp3) is 0.364. The fourth-order valence-corrected chi connectivity index (χ4v) is 7.43. The summed E-state index contributed by atoms with van der Waals surface area (Å²) in [6, 6.07) is 18.6. The van der Waals surface area contributed by atoms with E-state index in [1.165, 1.54) is 17.5 Å². The molecule has 4 atom stereocenters. The van der Waals surface area contributed by atoms with Crippen LogP contribution in [0.25, 0.3) is 5.82 Å². The first-order valence-electron chi connectivity index (χ1n) is 14.4. The zero-order valence-electron chi connectivity index (χ0n) is 24.3. The van der Waals surface area contributed by atoms with Crippen LogP contribution in [0.2, 0.25) is 5.02 Å². The quantitative estimate of drug-likeness (QED) is 0.245. The highest BCUT2D eigenvalue weighted by Crippen LogP contribution is 2.45. The summed E-state index contributed by atoms with van der Waals surface area (Å²) in [6.45, 7) is 13.1. The minimum atomic E-state index is -0.134. The topological polar surface area (TPSA) is 49.2 Å². The molecule has 0 spiro atoms. The lowest BCUT2D eigenvalue weighted by Crippen LogP contribution is -2.38. The van der Waals surface area contributed by atoms with E-state index in [0.717, 1.165) is 52.4 Å². The maximum absolute atomic E-state index is 7.03. The van der Waals surface area contributed by atoms with Gasteiger partial charge in [-0.15, -0.1) is 0 Å². The van der Waals surface area contributed by atoms with Gasteiger partial charge in [0.15, 0.2) is 5.11 Å². The van der Waals surface area contributed by atoms with Crippen LogP contribution >= 0.6 is 23.8 Å². The Kier molecular flexibility index (Phi) is 7.51. The molecule has 2 aliphatic heterocycles. The lowest BCUT2D eigenvalue weighted by atomic mass is 9.91. The van der Waals surface area contributed by atoms with E-state index in [-0.39, 0.29) is 12.1 Å². The summed E-state index contributed by atoms with van der Waals surface area (Å²) in [5.41, 5.74) is 7.60. The average molecular weight is 585 g/mol. The van der Waals surface area contributed by atoms with Crippen molar-refractivity contribution in [1.29, 1.82) is 0 Å². The smallest absolute Gasteiger partial charge is 0.174 e. The molecule has 8 heteroatoms. The van der Waals surface area contributed by atoms with Crippen molar-refractivity contribution >= 4 is 40.3 Å². The van der Waals surface area contributed by atoms with E-state index in [4.69, 9.17) is 33.8 Å². The van der Waals surface area contributed by atoms with Crippen molar-refractivity contribution in [2.75, 3.05) is 22.9 Å². The van der Waals surface area contributed by atoms with Crippen molar-refractivity contribution in [2.24, 2.45) is 11.8 Å². The third-order valence-electron chi connectivity index (χ3n) is 8.44. The minimum absolute atomic E-state index is 0.126. The van der Waals surface area contributed by atoms with Gasteiger partial charge in [0.05, 0.1) is 28.5 Å². The average Bonchev–Trinajstić information content (AvgIpc) is 3.43. The van der Waals surface area contributed by atoms with Gasteiger partial charge in [-0.1, -0.05) is 31.5 Å². The van der Waals surface area contributed by atoms with E-state index in [0.29, 0.717) is 16.9 Å². The number of hydrogen-bond acceptors (Lipinski definition) is 4. The summed E-state index contributed by atoms with van der Waals surface area (Å²) in [5, 5.41) is 5.01. The molecule has 0 radical (unpaired) electrons. The van der Waals surface area contributed by atoms with E-state index in [2.05, 4.69) is 90.7 Å². The largest absolute Gasteiger partial charge is 0.370 e. The Hall–Kier alpha value is -3.42. The summed E-state index contributed by atoms with van der Waals surface area (Å²) in [4.78, 5) is 14.1. The molecule has 3 aromatic heterocycles. The number of nitrogens with one attached hydrogen (secondary N) is 1. The predicted octanol–water partition coefficient (Wildman–Crippen LogP) is 7.51. The fourth-order valence-electron chi connectivity index (χ4n) is 6.79. The molecule has 6 rings (SSSR count). The molecule has 6 nitrogen and oxygen atoms in total. The number of hydrogen-bond donors (Lipinski definition) is 1. The van der Waals surface area contributed by atoms with Crippen molar-refractivity contribution in [3.05, 3.63) is 100 Å². The maximum atomic E-state index is 7.03. The molecular weight excluding hydrogens is 548 g/mol. The number of pyridine rings is 2. The molecule has 0 saturated carbocycles. The third kappa shape index (κ3) is 5.22. The lowest BCUT2D eigenvalue weighted by Gasteiger charge is -2.37. The molecule has 2 fully saturated rings. The van der Waals surface area contributed by atoms with E-state index in [1.54, 1.807) is 0 Å². The van der Waals surface area contributed by atoms with Gasteiger partial charge in [-0.2, -0.15) is 0 Å². The van der Waals surface area contributed by atoms with Gasteiger partial charge in [0.25, 0.3) is 0 Å². The number of aromatic nitrogens is 3. The Morgan fingerprint density at radius 3 is 2.39 bits per heavy atom. The van der Waals surface area contributed by atoms with Crippen LogP contribution in [0.5, 0.6) is 0 Å². The van der Waals surface area contributed by atoms with E-state index in [9.17, 15) is 0 Å². The first-order chi connectivity index (χ1) is 19.7. The molecule has 1 aromatic carbocycles. The Morgan fingerprint density at radius 2 is 1.71 bits per heavy atom. The number of thiocarbonyl (C=S) groups is 1. The molecule has 2 aliphatic rings. The maximum Gasteiger partial charge on any atom is 0.174 e. The lowest BCUT2D eigenvalue weighted by molar-refractivity contribution is 0.357. The van der Waals surface area contributed by atoms with Crippen LogP contribution in [0.3, 0.4) is 0 Å². The molecule has 0 bridgehead atoms. The number of anilines is 2. The summed E-state index contributed by atoms with van der Waals surface area (Å²) in [6.07, 6.45) is 4.96. The van der Waals surface area contributed by atoms with Crippen LogP contribution in [-0.4, -0.2) is 32.7 Å². The summed E-state index contributed by atoms with van der Waals surface area (Å²) in [7, 11) is 0. The second kappa shape index (κ2) is 11.1. The normalized spacial score (nSPS) is 22.7. The second-order valence-corrected chi connectivity index (χ2v) is 12.6. The van der Waals surface area contributed by atoms with Crippen LogP contribution in [0.15, 0.2) is 67.0 Å². The standard InChI is InChI=1S/C33H37ClN6S/c1-20-11-13-36-30(15-20)39-23(4)16-26(24(39)5)32-31(28-8-6-7-12-35-28)37-33(41)40(32)25-9-10-29(27(34)17-25)38-18-21(2)14-22(3)19-38/h6-13,15-17,21-22,31-32H,14,18-19H2,1-5H3,(H,37,41)/t21-,22+,31-,32+/m1/s1. The summed E-state index contributed by atoms with van der Waals surface area (Å²) < 4.78 is 2.23. The molecule has 0 amide bonds. The number of halogens is 1. The molecule has 2 saturated heterocycles. The van der Waals surface area contributed by atoms with Crippen molar-refractivity contribution in [3.63, 3.8) is 0 Å². The Labute approximate surface area is 253 Å². The van der Waals surface area contributed by atoms with Crippen LogP contribution in [0.4, 0.5) is 11.4 Å². The van der Waals surface area contributed by atoms with Crippen molar-refractivity contribution in [3.8, 4) is 5.82 Å². The number of nitrogens with zero attached hydrogens (tertiary/aromatic N) is 5. The van der Waals surface area contributed by atoms with E-state index in [1.807, 2.05) is 30.6 Å². The SMILES string of the molecule is Cc1ccnc(-n2c(C)cc([C@H]3[C@@H](c4ccccn4)NC(=S)N3c3ccc(N4C[C@H](C)C[C@H](C)C4)c(Cl)c3)c2C)c1. The minimum Gasteiger partial charge on any atom is -0.370 e. The summed E-state index contributed by atoms with van der Waals surface area (Å²) in [5.74, 6) is 2.20. The highest BCUT2D eigenvalue weighted by molar-refractivity contribution is 7.80. The molecule has 41 heavy (non-hydrogen) atoms. The van der Waals surface area contributed by atoms with E-state index < -0.39 is 0 Å². The first kappa shape index (κ1) is 27.7. The zero-order valence-corrected chi connectivity index (χ0v) is 25.9. The number of piperidine rings is 1. The van der Waals surface area contributed by atoms with Gasteiger partial charge in [-0.05, 0) is 111 Å². The second-order valence-electron chi connectivity index (χ2n) is 11.8. The van der Waals surface area contributed by atoms with Crippen molar-refractivity contribution in [1.82, 2.24) is 19.9 Å². The molecule has 0 aliphatic carbocycles. The molecule has 5 heterocycles. The molecule has 1 N–H and O–H groups in total. The van der Waals surface area contributed by atoms with Gasteiger partial charge in [0.2, 0.25) is 0 Å². The van der Waals surface area contributed by atoms with Crippen LogP contribution in [-0.2, 0) is 0 Å². The van der Waals surface area contributed by atoms with Gasteiger partial charge in [-0.3, -0.25) is 4.98 Å². The van der Waals surface area contributed by atoms with Crippen LogP contribution in [0.1, 0.15) is 60.6 Å². The number of aryl methyl sites for hydroxylation is 2. The molecular formula is C33H37ClN6S. The highest BCUT2D eigenvalue weighted by atomic mass is 35.5. The Balaban J connectivity index is 1.44. The predicted molar refractivity (Wildman–Crippen MR) is 172 cm³/mol. The highest BCUT2D eigenvalue weighted by Gasteiger charge is 2.42. The number of rotatable bonds is 5. The summed E-state index contributed by atoms with van der Waals surface area (Å²) >= 11 is 13.0. The van der Waals surface area contributed by atoms with Crippen molar-refractivity contribution in [2.45, 2.75) is 53.1 Å². The zero-order chi connectivity index (χ0) is 28.8. The van der Waals surface area contributed by atoms with Gasteiger partial charge in [0, 0.05) is 42.6 Å².